The lowest BCUT2D eigenvalue weighted by atomic mass is 10.0. The topological polar surface area (TPSA) is 56.7 Å². The predicted octanol–water partition coefficient (Wildman–Crippen LogP) is 1.70. The zero-order valence-electron chi connectivity index (χ0n) is 12.5. The van der Waals surface area contributed by atoms with Gasteiger partial charge in [-0.25, -0.2) is 4.79 Å². The Hall–Kier alpha value is -1.46. The first-order chi connectivity index (χ1) is 9.36. The van der Waals surface area contributed by atoms with Crippen LogP contribution in [0.4, 0.5) is 0 Å². The summed E-state index contributed by atoms with van der Waals surface area (Å²) < 4.78 is 0. The van der Waals surface area contributed by atoms with Crippen LogP contribution in [0.15, 0.2) is 18.3 Å². The van der Waals surface area contributed by atoms with Crippen molar-refractivity contribution in [2.45, 2.75) is 32.9 Å². The first-order valence-electron chi connectivity index (χ1n) is 7.02. The number of carbonyl (C=O) groups is 1. The molecule has 20 heavy (non-hydrogen) atoms. The number of hydrogen-bond donors (Lipinski definition) is 1. The van der Waals surface area contributed by atoms with E-state index in [1.54, 1.807) is 12.1 Å². The van der Waals surface area contributed by atoms with Crippen LogP contribution in [0, 0.1) is 0 Å². The van der Waals surface area contributed by atoms with Crippen molar-refractivity contribution in [2.75, 3.05) is 26.2 Å². The third-order valence-corrected chi connectivity index (χ3v) is 3.78. The van der Waals surface area contributed by atoms with Crippen molar-refractivity contribution in [3.05, 3.63) is 29.6 Å². The molecule has 0 saturated carbocycles. The number of aromatic carboxylic acids is 1. The third kappa shape index (κ3) is 3.77. The molecule has 2 rings (SSSR count). The highest BCUT2D eigenvalue weighted by Crippen LogP contribution is 2.16. The van der Waals surface area contributed by atoms with Gasteiger partial charge in [0.05, 0.1) is 11.3 Å². The van der Waals surface area contributed by atoms with E-state index in [2.05, 4.69) is 35.6 Å². The Morgan fingerprint density at radius 3 is 2.35 bits per heavy atom. The molecule has 2 heterocycles. The summed E-state index contributed by atoms with van der Waals surface area (Å²) in [6, 6.07) is 3.43. The third-order valence-electron chi connectivity index (χ3n) is 3.78. The number of rotatable bonds is 3. The van der Waals surface area contributed by atoms with E-state index in [9.17, 15) is 4.79 Å². The summed E-state index contributed by atoms with van der Waals surface area (Å²) in [5.41, 5.74) is 1.40. The van der Waals surface area contributed by atoms with E-state index in [4.69, 9.17) is 5.11 Å². The standard InChI is InChI=1S/C15H23N3O2/c1-15(2,3)18-8-6-17(7-9-18)11-13-5-4-12(10-16-13)14(19)20/h4-5,10H,6-9,11H2,1-3H3,(H,19,20). The molecule has 0 atom stereocenters. The fourth-order valence-corrected chi connectivity index (χ4v) is 2.45. The van der Waals surface area contributed by atoms with Crippen molar-refractivity contribution in [1.82, 2.24) is 14.8 Å². The van der Waals surface area contributed by atoms with Gasteiger partial charge in [-0.3, -0.25) is 14.8 Å². The number of piperazine rings is 1. The quantitative estimate of drug-likeness (QED) is 0.911. The minimum atomic E-state index is -0.928. The van der Waals surface area contributed by atoms with Crippen LogP contribution < -0.4 is 0 Å². The molecule has 1 aromatic rings. The molecule has 1 saturated heterocycles. The van der Waals surface area contributed by atoms with Gasteiger partial charge >= 0.3 is 5.97 Å². The van der Waals surface area contributed by atoms with E-state index in [1.807, 2.05) is 0 Å². The summed E-state index contributed by atoms with van der Waals surface area (Å²) in [7, 11) is 0. The fourth-order valence-electron chi connectivity index (χ4n) is 2.45. The van der Waals surface area contributed by atoms with Crippen molar-refractivity contribution in [3.8, 4) is 0 Å². The van der Waals surface area contributed by atoms with E-state index >= 15 is 0 Å². The average Bonchev–Trinajstić information content (AvgIpc) is 2.39. The molecule has 0 aromatic carbocycles. The zero-order chi connectivity index (χ0) is 14.8. The molecule has 110 valence electrons. The second kappa shape index (κ2) is 5.89. The van der Waals surface area contributed by atoms with Gasteiger partial charge in [0.15, 0.2) is 0 Å². The number of pyridine rings is 1. The first kappa shape index (κ1) is 14.9. The molecule has 1 aromatic heterocycles. The summed E-state index contributed by atoms with van der Waals surface area (Å²) in [6.45, 7) is 11.7. The summed E-state index contributed by atoms with van der Waals surface area (Å²) in [5, 5.41) is 8.85. The Kier molecular flexibility index (Phi) is 4.40. The minimum Gasteiger partial charge on any atom is -0.478 e. The number of hydrogen-bond acceptors (Lipinski definition) is 4. The maximum absolute atomic E-state index is 10.8. The number of nitrogens with zero attached hydrogens (tertiary/aromatic N) is 3. The number of carboxylic acid groups (broad SMARTS) is 1. The molecule has 1 aliphatic heterocycles. The molecule has 1 N–H and O–H groups in total. The van der Waals surface area contributed by atoms with E-state index in [0.29, 0.717) is 0 Å². The van der Waals surface area contributed by atoms with Gasteiger partial charge in [-0.15, -0.1) is 0 Å². The van der Waals surface area contributed by atoms with Gasteiger partial charge in [0.2, 0.25) is 0 Å². The predicted molar refractivity (Wildman–Crippen MR) is 77.8 cm³/mol. The number of aromatic nitrogens is 1. The maximum atomic E-state index is 10.8. The Morgan fingerprint density at radius 2 is 1.90 bits per heavy atom. The highest BCUT2D eigenvalue weighted by Gasteiger charge is 2.25. The Morgan fingerprint density at radius 1 is 1.25 bits per heavy atom. The highest BCUT2D eigenvalue weighted by atomic mass is 16.4. The van der Waals surface area contributed by atoms with E-state index in [-0.39, 0.29) is 11.1 Å². The maximum Gasteiger partial charge on any atom is 0.337 e. The first-order valence-corrected chi connectivity index (χ1v) is 7.02. The van der Waals surface area contributed by atoms with E-state index in [1.165, 1.54) is 6.20 Å². The Balaban J connectivity index is 1.88. The van der Waals surface area contributed by atoms with E-state index < -0.39 is 5.97 Å². The van der Waals surface area contributed by atoms with Crippen molar-refractivity contribution in [3.63, 3.8) is 0 Å². The monoisotopic (exact) mass is 277 g/mol. The van der Waals surface area contributed by atoms with Gasteiger partial charge in [-0.1, -0.05) is 0 Å². The van der Waals surface area contributed by atoms with Gasteiger partial charge < -0.3 is 5.11 Å². The highest BCUT2D eigenvalue weighted by molar-refractivity contribution is 5.87. The summed E-state index contributed by atoms with van der Waals surface area (Å²) >= 11 is 0. The SMILES string of the molecule is CC(C)(C)N1CCN(Cc2ccc(C(=O)O)cn2)CC1. The van der Waals surface area contributed by atoms with Crippen LogP contribution in [0.1, 0.15) is 36.8 Å². The fraction of sp³-hybridized carbons (Fsp3) is 0.600. The van der Waals surface area contributed by atoms with Crippen molar-refractivity contribution >= 4 is 5.97 Å². The lowest BCUT2D eigenvalue weighted by Crippen LogP contribution is -2.53. The largest absolute Gasteiger partial charge is 0.478 e. The van der Waals surface area contributed by atoms with Crippen LogP contribution in [0.25, 0.3) is 0 Å². The van der Waals surface area contributed by atoms with Crippen molar-refractivity contribution < 1.29 is 9.90 Å². The van der Waals surface area contributed by atoms with Crippen molar-refractivity contribution in [2.24, 2.45) is 0 Å². The molecule has 0 unspecified atom stereocenters. The summed E-state index contributed by atoms with van der Waals surface area (Å²) in [5.74, 6) is -0.928. The van der Waals surface area contributed by atoms with Crippen LogP contribution in [0.3, 0.4) is 0 Å². The second-order valence-corrected chi connectivity index (χ2v) is 6.28. The Bertz CT molecular complexity index is 457. The summed E-state index contributed by atoms with van der Waals surface area (Å²) in [4.78, 5) is 19.9. The normalized spacial score (nSPS) is 18.1. The lowest BCUT2D eigenvalue weighted by Gasteiger charge is -2.42. The van der Waals surface area contributed by atoms with Crippen LogP contribution in [0.2, 0.25) is 0 Å². The molecular formula is C15H23N3O2. The average molecular weight is 277 g/mol. The Labute approximate surface area is 120 Å². The van der Waals surface area contributed by atoms with Gasteiger partial charge in [0, 0.05) is 44.5 Å². The lowest BCUT2D eigenvalue weighted by molar-refractivity contribution is 0.0586. The molecule has 0 bridgehead atoms. The molecule has 5 heteroatoms. The molecule has 1 fully saturated rings. The van der Waals surface area contributed by atoms with Crippen molar-refractivity contribution in [1.29, 1.82) is 0 Å². The zero-order valence-corrected chi connectivity index (χ0v) is 12.5. The molecule has 0 aliphatic carbocycles. The molecule has 0 radical (unpaired) electrons. The summed E-state index contributed by atoms with van der Waals surface area (Å²) in [6.07, 6.45) is 1.43. The molecule has 0 amide bonds. The molecule has 0 spiro atoms. The minimum absolute atomic E-state index is 0.230. The molecule has 5 nitrogen and oxygen atoms in total. The number of carboxylic acids is 1. The van der Waals surface area contributed by atoms with Crippen LogP contribution >= 0.6 is 0 Å². The van der Waals surface area contributed by atoms with Gasteiger partial charge in [0.25, 0.3) is 0 Å². The molecule has 1 aliphatic rings. The van der Waals surface area contributed by atoms with Gasteiger partial charge in [0.1, 0.15) is 0 Å². The smallest absolute Gasteiger partial charge is 0.337 e. The van der Waals surface area contributed by atoms with Crippen LogP contribution in [0.5, 0.6) is 0 Å². The van der Waals surface area contributed by atoms with Crippen LogP contribution in [-0.2, 0) is 6.54 Å². The van der Waals surface area contributed by atoms with Crippen LogP contribution in [-0.4, -0.2) is 57.6 Å². The van der Waals surface area contributed by atoms with Gasteiger partial charge in [-0.05, 0) is 32.9 Å². The second-order valence-electron chi connectivity index (χ2n) is 6.28. The van der Waals surface area contributed by atoms with E-state index in [0.717, 1.165) is 38.4 Å². The molecular weight excluding hydrogens is 254 g/mol. The van der Waals surface area contributed by atoms with Gasteiger partial charge in [-0.2, -0.15) is 0 Å².